The molecule has 2 aliphatic rings. The summed E-state index contributed by atoms with van der Waals surface area (Å²) in [6.07, 6.45) is 9.76. The molecule has 186 valence electrons. The van der Waals surface area contributed by atoms with Crippen LogP contribution in [0.15, 0.2) is 55.0 Å². The monoisotopic (exact) mass is 494 g/mol. The Morgan fingerprint density at radius 3 is 2.59 bits per heavy atom. The average Bonchev–Trinajstić information content (AvgIpc) is 3.68. The van der Waals surface area contributed by atoms with Crippen molar-refractivity contribution in [2.75, 3.05) is 5.32 Å². The molecule has 9 nitrogen and oxygen atoms in total. The minimum Gasteiger partial charge on any atom is -0.446 e. The highest BCUT2D eigenvalue weighted by Gasteiger charge is 2.31. The van der Waals surface area contributed by atoms with E-state index in [0.717, 1.165) is 54.3 Å². The fraction of sp³-hybridized carbons (Fsp3) is 0.321. The fourth-order valence-electron chi connectivity index (χ4n) is 4.79. The number of benzene rings is 1. The number of ether oxygens (including phenoxy) is 2. The lowest BCUT2D eigenvalue weighted by Gasteiger charge is -2.30. The Labute approximate surface area is 214 Å². The summed E-state index contributed by atoms with van der Waals surface area (Å²) in [4.78, 5) is 25.0. The molecule has 9 heteroatoms. The third-order valence-electron chi connectivity index (χ3n) is 7.12. The summed E-state index contributed by atoms with van der Waals surface area (Å²) in [7, 11) is 0. The Kier molecular flexibility index (Phi) is 5.93. The van der Waals surface area contributed by atoms with Gasteiger partial charge >= 0.3 is 12.1 Å². The van der Waals surface area contributed by atoms with E-state index < -0.39 is 6.09 Å². The molecule has 0 radical (unpaired) electrons. The number of aromatic nitrogens is 4. The number of pyridine rings is 1. The minimum absolute atomic E-state index is 0.0991. The van der Waals surface area contributed by atoms with Gasteiger partial charge in [0.1, 0.15) is 23.7 Å². The summed E-state index contributed by atoms with van der Waals surface area (Å²) < 4.78 is 13.5. The summed E-state index contributed by atoms with van der Waals surface area (Å²) in [5, 5.41) is 13.7. The van der Waals surface area contributed by atoms with Crippen molar-refractivity contribution >= 4 is 22.8 Å². The number of carbonyl (C=O) groups is 1. The van der Waals surface area contributed by atoms with Crippen LogP contribution in [0.5, 0.6) is 11.8 Å². The smallest absolute Gasteiger partial charge is 0.413 e. The van der Waals surface area contributed by atoms with Crippen LogP contribution in [0.4, 0.5) is 10.6 Å². The zero-order valence-corrected chi connectivity index (χ0v) is 20.4. The van der Waals surface area contributed by atoms with Gasteiger partial charge in [-0.15, -0.1) is 0 Å². The molecule has 2 aliphatic carbocycles. The summed E-state index contributed by atoms with van der Waals surface area (Å²) in [5.74, 6) is 1.47. The van der Waals surface area contributed by atoms with Crippen molar-refractivity contribution in [2.24, 2.45) is 5.92 Å². The van der Waals surface area contributed by atoms with E-state index in [1.54, 1.807) is 30.7 Å². The molecule has 0 aliphatic heterocycles. The van der Waals surface area contributed by atoms with Gasteiger partial charge in [-0.05, 0) is 75.3 Å². The topological polar surface area (TPSA) is 115 Å². The molecule has 1 amide bonds. The molecular weight excluding hydrogens is 468 g/mol. The van der Waals surface area contributed by atoms with Crippen LogP contribution < -0.4 is 10.1 Å². The predicted octanol–water partition coefficient (Wildman–Crippen LogP) is 6.23. The molecule has 0 unspecified atom stereocenters. The number of hydrogen-bond acceptors (Lipinski definition) is 7. The molecule has 1 N–H and O–H groups in total. The first kappa shape index (κ1) is 23.0. The molecule has 2 saturated carbocycles. The standard InChI is InChI=1S/C28H26N6O3/c1-17(18-6-7-18)36-28(35)33-25-11-8-19(16-32-25)26-23(15-29)22-10-9-21(37-27-30-12-3-13-31-27)14-24(22)34(26)20-4-2-5-20/h3,8-14,16-18,20H,2,4-7H2,1H3,(H,32,33,35)/t17-/m1/s1. The molecule has 3 aromatic heterocycles. The highest BCUT2D eigenvalue weighted by atomic mass is 16.6. The van der Waals surface area contributed by atoms with Crippen molar-refractivity contribution in [3.8, 4) is 29.1 Å². The van der Waals surface area contributed by atoms with Crippen LogP contribution >= 0.6 is 0 Å². The van der Waals surface area contributed by atoms with Gasteiger partial charge in [-0.3, -0.25) is 5.32 Å². The summed E-state index contributed by atoms with van der Waals surface area (Å²) in [5.41, 5.74) is 3.13. The van der Waals surface area contributed by atoms with Crippen LogP contribution in [0.2, 0.25) is 0 Å². The second-order valence-corrected chi connectivity index (χ2v) is 9.61. The van der Waals surface area contributed by atoms with E-state index in [-0.39, 0.29) is 18.2 Å². The van der Waals surface area contributed by atoms with Crippen LogP contribution in [-0.2, 0) is 4.74 Å². The van der Waals surface area contributed by atoms with Gasteiger partial charge < -0.3 is 14.0 Å². The summed E-state index contributed by atoms with van der Waals surface area (Å²) >= 11 is 0. The fourth-order valence-corrected chi connectivity index (χ4v) is 4.79. The highest BCUT2D eigenvalue weighted by molar-refractivity contribution is 5.95. The zero-order valence-electron chi connectivity index (χ0n) is 20.4. The van der Waals surface area contributed by atoms with Gasteiger partial charge in [0.15, 0.2) is 0 Å². The minimum atomic E-state index is -0.504. The van der Waals surface area contributed by atoms with Crippen LogP contribution in [0.25, 0.3) is 22.2 Å². The number of hydrogen-bond donors (Lipinski definition) is 1. The maximum atomic E-state index is 12.2. The number of nitrogens with zero attached hydrogens (tertiary/aromatic N) is 5. The van der Waals surface area contributed by atoms with Gasteiger partial charge in [0.25, 0.3) is 0 Å². The Morgan fingerprint density at radius 2 is 1.95 bits per heavy atom. The second kappa shape index (κ2) is 9.54. The van der Waals surface area contributed by atoms with E-state index >= 15 is 0 Å². The zero-order chi connectivity index (χ0) is 25.4. The van der Waals surface area contributed by atoms with Gasteiger partial charge in [-0.1, -0.05) is 0 Å². The van der Waals surface area contributed by atoms with E-state index in [1.807, 2.05) is 31.2 Å². The first-order valence-corrected chi connectivity index (χ1v) is 12.6. The Morgan fingerprint density at radius 1 is 1.14 bits per heavy atom. The average molecular weight is 495 g/mol. The van der Waals surface area contributed by atoms with Gasteiger partial charge in [0.2, 0.25) is 0 Å². The first-order chi connectivity index (χ1) is 18.1. The van der Waals surface area contributed by atoms with Crippen molar-refractivity contribution in [2.45, 2.75) is 51.2 Å². The molecule has 4 aromatic rings. The maximum Gasteiger partial charge on any atom is 0.413 e. The van der Waals surface area contributed by atoms with Crippen molar-refractivity contribution in [1.82, 2.24) is 19.5 Å². The molecule has 37 heavy (non-hydrogen) atoms. The predicted molar refractivity (Wildman–Crippen MR) is 137 cm³/mol. The normalized spacial score (nSPS) is 16.0. The first-order valence-electron chi connectivity index (χ1n) is 12.6. The lowest BCUT2D eigenvalue weighted by atomic mass is 9.92. The van der Waals surface area contributed by atoms with E-state index in [0.29, 0.717) is 23.0 Å². The largest absolute Gasteiger partial charge is 0.446 e. The van der Waals surface area contributed by atoms with E-state index in [9.17, 15) is 10.1 Å². The van der Waals surface area contributed by atoms with E-state index in [1.165, 1.54) is 0 Å². The molecule has 2 fully saturated rings. The van der Waals surface area contributed by atoms with Crippen molar-refractivity contribution < 1.29 is 14.3 Å². The van der Waals surface area contributed by atoms with E-state index in [2.05, 4.69) is 30.9 Å². The molecular formula is C28H26N6O3. The number of carbonyl (C=O) groups excluding carboxylic acids is 1. The molecule has 6 rings (SSSR count). The quantitative estimate of drug-likeness (QED) is 0.324. The highest BCUT2D eigenvalue weighted by Crippen LogP contribution is 2.43. The van der Waals surface area contributed by atoms with Crippen LogP contribution in [0.3, 0.4) is 0 Å². The van der Waals surface area contributed by atoms with Gasteiger partial charge in [-0.25, -0.2) is 19.7 Å². The van der Waals surface area contributed by atoms with Crippen LogP contribution in [0, 0.1) is 17.2 Å². The van der Waals surface area contributed by atoms with Crippen molar-refractivity contribution in [3.05, 3.63) is 60.6 Å². The summed E-state index contributed by atoms with van der Waals surface area (Å²) in [6.45, 7) is 1.92. The Hall–Kier alpha value is -4.45. The molecule has 0 spiro atoms. The third-order valence-corrected chi connectivity index (χ3v) is 7.12. The third kappa shape index (κ3) is 4.58. The molecule has 0 bridgehead atoms. The number of amides is 1. The number of rotatable bonds is 7. The Bertz CT molecular complexity index is 1480. The molecule has 0 saturated heterocycles. The lowest BCUT2D eigenvalue weighted by molar-refractivity contribution is 0.108. The molecule has 1 aromatic carbocycles. The number of fused-ring (bicyclic) bond motifs is 1. The van der Waals surface area contributed by atoms with Gasteiger partial charge in [0, 0.05) is 41.6 Å². The lowest BCUT2D eigenvalue weighted by Crippen LogP contribution is -2.22. The van der Waals surface area contributed by atoms with E-state index in [4.69, 9.17) is 9.47 Å². The van der Waals surface area contributed by atoms with Gasteiger partial charge in [-0.2, -0.15) is 5.26 Å². The molecule has 1 atom stereocenters. The second-order valence-electron chi connectivity index (χ2n) is 9.61. The Balaban J connectivity index is 1.33. The summed E-state index contributed by atoms with van der Waals surface area (Å²) in [6, 6.07) is 14.0. The number of nitrogens with one attached hydrogen (secondary N) is 1. The maximum absolute atomic E-state index is 12.2. The van der Waals surface area contributed by atoms with Crippen molar-refractivity contribution in [3.63, 3.8) is 0 Å². The number of anilines is 1. The number of nitriles is 1. The molecule has 3 heterocycles. The van der Waals surface area contributed by atoms with Crippen LogP contribution in [0.1, 0.15) is 50.6 Å². The van der Waals surface area contributed by atoms with Crippen LogP contribution in [-0.4, -0.2) is 31.7 Å². The van der Waals surface area contributed by atoms with Gasteiger partial charge in [0.05, 0.1) is 16.8 Å². The van der Waals surface area contributed by atoms with Crippen molar-refractivity contribution in [1.29, 1.82) is 5.26 Å². The SMILES string of the molecule is C[C@@H](OC(=O)Nc1ccc(-c2c(C#N)c3ccc(Oc4ncccn4)cc3n2C2CCC2)cn1)C1CC1.